The monoisotopic (exact) mass is 275 g/mol. The van der Waals surface area contributed by atoms with Crippen molar-refractivity contribution in [2.75, 3.05) is 17.7 Å². The highest BCUT2D eigenvalue weighted by atomic mass is 19.1. The summed E-state index contributed by atoms with van der Waals surface area (Å²) in [6.07, 6.45) is 1.47. The molecule has 104 valence electrons. The fourth-order valence-electron chi connectivity index (χ4n) is 1.56. The molecule has 0 radical (unpaired) electrons. The van der Waals surface area contributed by atoms with Crippen LogP contribution in [-0.2, 0) is 0 Å². The molecule has 20 heavy (non-hydrogen) atoms. The van der Waals surface area contributed by atoms with E-state index < -0.39 is 11.7 Å². The molecule has 0 atom stereocenters. The summed E-state index contributed by atoms with van der Waals surface area (Å²) in [4.78, 5) is 15.9. The number of amides is 1. The van der Waals surface area contributed by atoms with E-state index in [4.69, 9.17) is 10.5 Å². The minimum atomic E-state index is -0.623. The average molecular weight is 275 g/mol. The number of carbonyl (C=O) groups is 1. The van der Waals surface area contributed by atoms with E-state index in [0.717, 1.165) is 6.07 Å². The quantitative estimate of drug-likeness (QED) is 0.840. The van der Waals surface area contributed by atoms with E-state index in [1.165, 1.54) is 18.3 Å². The lowest BCUT2D eigenvalue weighted by Gasteiger charge is -2.07. The normalized spacial score (nSPS) is 10.1. The first-order chi connectivity index (χ1) is 9.60. The summed E-state index contributed by atoms with van der Waals surface area (Å²) in [5.74, 6) is -0.582. The number of rotatable bonds is 4. The SMILES string of the molecule is CCOc1ccc(NC(=O)c2ccc(N)c(F)c2)cn1. The molecule has 1 aromatic heterocycles. The Kier molecular flexibility index (Phi) is 4.14. The van der Waals surface area contributed by atoms with Crippen molar-refractivity contribution in [1.82, 2.24) is 4.98 Å². The van der Waals surface area contributed by atoms with Crippen LogP contribution in [0.4, 0.5) is 15.8 Å². The summed E-state index contributed by atoms with van der Waals surface area (Å²) in [7, 11) is 0. The third kappa shape index (κ3) is 3.23. The molecule has 2 aromatic rings. The van der Waals surface area contributed by atoms with Crippen molar-refractivity contribution in [3.63, 3.8) is 0 Å². The van der Waals surface area contributed by atoms with Crippen LogP contribution in [0.5, 0.6) is 5.88 Å². The Bertz CT molecular complexity index is 614. The third-order valence-electron chi connectivity index (χ3n) is 2.55. The van der Waals surface area contributed by atoms with Crippen LogP contribution in [0, 0.1) is 5.82 Å². The molecule has 0 aliphatic rings. The van der Waals surface area contributed by atoms with Gasteiger partial charge >= 0.3 is 0 Å². The zero-order chi connectivity index (χ0) is 14.5. The number of aromatic nitrogens is 1. The van der Waals surface area contributed by atoms with Crippen molar-refractivity contribution in [1.29, 1.82) is 0 Å². The van der Waals surface area contributed by atoms with Crippen LogP contribution >= 0.6 is 0 Å². The van der Waals surface area contributed by atoms with E-state index in [9.17, 15) is 9.18 Å². The van der Waals surface area contributed by atoms with Gasteiger partial charge in [-0.15, -0.1) is 0 Å². The minimum Gasteiger partial charge on any atom is -0.478 e. The first-order valence-electron chi connectivity index (χ1n) is 6.05. The molecule has 1 heterocycles. The van der Waals surface area contributed by atoms with E-state index in [-0.39, 0.29) is 11.3 Å². The number of pyridine rings is 1. The number of ether oxygens (including phenoxy) is 1. The van der Waals surface area contributed by atoms with Crippen molar-refractivity contribution in [3.8, 4) is 5.88 Å². The summed E-state index contributed by atoms with van der Waals surface area (Å²) in [5.41, 5.74) is 6.04. The van der Waals surface area contributed by atoms with Gasteiger partial charge in [0.2, 0.25) is 5.88 Å². The maximum absolute atomic E-state index is 13.3. The van der Waals surface area contributed by atoms with Crippen molar-refractivity contribution < 1.29 is 13.9 Å². The van der Waals surface area contributed by atoms with Gasteiger partial charge in [0.1, 0.15) is 5.82 Å². The topological polar surface area (TPSA) is 77.2 Å². The zero-order valence-electron chi connectivity index (χ0n) is 10.9. The number of anilines is 2. The molecular weight excluding hydrogens is 261 g/mol. The molecule has 0 bridgehead atoms. The lowest BCUT2D eigenvalue weighted by Crippen LogP contribution is -2.12. The Hall–Kier alpha value is -2.63. The predicted octanol–water partition coefficient (Wildman–Crippen LogP) is 2.45. The van der Waals surface area contributed by atoms with Gasteiger partial charge in [0.05, 0.1) is 24.2 Å². The molecule has 1 aromatic carbocycles. The van der Waals surface area contributed by atoms with Crippen molar-refractivity contribution in [3.05, 3.63) is 47.9 Å². The maximum Gasteiger partial charge on any atom is 0.255 e. The average Bonchev–Trinajstić information content (AvgIpc) is 2.44. The van der Waals surface area contributed by atoms with Crippen molar-refractivity contribution in [2.45, 2.75) is 6.92 Å². The van der Waals surface area contributed by atoms with Gasteiger partial charge in [-0.25, -0.2) is 9.37 Å². The summed E-state index contributed by atoms with van der Waals surface area (Å²) in [6, 6.07) is 7.19. The molecule has 3 N–H and O–H groups in total. The Morgan fingerprint density at radius 1 is 1.40 bits per heavy atom. The van der Waals surface area contributed by atoms with Gasteiger partial charge in [0.15, 0.2) is 0 Å². The van der Waals surface area contributed by atoms with Gasteiger partial charge in [0.25, 0.3) is 5.91 Å². The standard InChI is InChI=1S/C14H14FN3O2/c1-2-20-13-6-4-10(8-17-13)18-14(19)9-3-5-12(16)11(15)7-9/h3-8H,2,16H2,1H3,(H,18,19). The number of nitrogens with zero attached hydrogens (tertiary/aromatic N) is 1. The molecular formula is C14H14FN3O2. The van der Waals surface area contributed by atoms with E-state index in [0.29, 0.717) is 18.2 Å². The van der Waals surface area contributed by atoms with Crippen LogP contribution in [0.1, 0.15) is 17.3 Å². The van der Waals surface area contributed by atoms with E-state index >= 15 is 0 Å². The third-order valence-corrected chi connectivity index (χ3v) is 2.55. The number of nitrogens with one attached hydrogen (secondary N) is 1. The smallest absolute Gasteiger partial charge is 0.255 e. The Balaban J connectivity index is 2.08. The van der Waals surface area contributed by atoms with Gasteiger partial charge in [-0.3, -0.25) is 4.79 Å². The second kappa shape index (κ2) is 6.01. The van der Waals surface area contributed by atoms with E-state index in [1.807, 2.05) is 6.92 Å². The number of hydrogen-bond donors (Lipinski definition) is 2. The minimum absolute atomic E-state index is 0.00397. The number of hydrogen-bond acceptors (Lipinski definition) is 4. The van der Waals surface area contributed by atoms with E-state index in [1.54, 1.807) is 12.1 Å². The highest BCUT2D eigenvalue weighted by molar-refractivity contribution is 6.04. The lowest BCUT2D eigenvalue weighted by atomic mass is 10.2. The number of nitrogen functional groups attached to an aromatic ring is 1. The fraction of sp³-hybridized carbons (Fsp3) is 0.143. The second-order valence-electron chi connectivity index (χ2n) is 4.01. The molecule has 0 unspecified atom stereocenters. The Morgan fingerprint density at radius 3 is 2.80 bits per heavy atom. The van der Waals surface area contributed by atoms with Crippen LogP contribution < -0.4 is 15.8 Å². The molecule has 0 spiro atoms. The van der Waals surface area contributed by atoms with E-state index in [2.05, 4.69) is 10.3 Å². The molecule has 0 saturated carbocycles. The Morgan fingerprint density at radius 2 is 2.20 bits per heavy atom. The molecule has 0 aliphatic heterocycles. The van der Waals surface area contributed by atoms with Crippen molar-refractivity contribution in [2.24, 2.45) is 0 Å². The van der Waals surface area contributed by atoms with Crippen LogP contribution in [-0.4, -0.2) is 17.5 Å². The van der Waals surface area contributed by atoms with Crippen LogP contribution in [0.25, 0.3) is 0 Å². The molecule has 2 rings (SSSR count). The molecule has 5 nitrogen and oxygen atoms in total. The molecule has 6 heteroatoms. The molecule has 0 aliphatic carbocycles. The zero-order valence-corrected chi connectivity index (χ0v) is 10.9. The molecule has 0 saturated heterocycles. The van der Waals surface area contributed by atoms with Gasteiger partial charge < -0.3 is 15.8 Å². The Labute approximate surface area is 115 Å². The van der Waals surface area contributed by atoms with Gasteiger partial charge in [-0.1, -0.05) is 0 Å². The second-order valence-corrected chi connectivity index (χ2v) is 4.01. The van der Waals surface area contributed by atoms with Crippen LogP contribution in [0.3, 0.4) is 0 Å². The van der Waals surface area contributed by atoms with Gasteiger partial charge in [-0.2, -0.15) is 0 Å². The summed E-state index contributed by atoms with van der Waals surface area (Å²) >= 11 is 0. The summed E-state index contributed by atoms with van der Waals surface area (Å²) in [5, 5.41) is 2.61. The van der Waals surface area contributed by atoms with Crippen LogP contribution in [0.15, 0.2) is 36.5 Å². The first-order valence-corrected chi connectivity index (χ1v) is 6.05. The number of nitrogens with two attached hydrogens (primary N) is 1. The predicted molar refractivity (Wildman–Crippen MR) is 74.2 cm³/mol. The summed E-state index contributed by atoms with van der Waals surface area (Å²) < 4.78 is 18.5. The fourth-order valence-corrected chi connectivity index (χ4v) is 1.56. The highest BCUT2D eigenvalue weighted by Gasteiger charge is 2.09. The molecule has 0 fully saturated rings. The number of benzene rings is 1. The van der Waals surface area contributed by atoms with Gasteiger partial charge in [0, 0.05) is 11.6 Å². The van der Waals surface area contributed by atoms with Crippen molar-refractivity contribution >= 4 is 17.3 Å². The lowest BCUT2D eigenvalue weighted by molar-refractivity contribution is 0.102. The highest BCUT2D eigenvalue weighted by Crippen LogP contribution is 2.15. The maximum atomic E-state index is 13.3. The first kappa shape index (κ1) is 13.8. The largest absolute Gasteiger partial charge is 0.478 e. The number of carbonyl (C=O) groups excluding carboxylic acids is 1. The van der Waals surface area contributed by atoms with Gasteiger partial charge in [-0.05, 0) is 31.2 Å². The van der Waals surface area contributed by atoms with Crippen LogP contribution in [0.2, 0.25) is 0 Å². The molecule has 1 amide bonds. The summed E-state index contributed by atoms with van der Waals surface area (Å²) in [6.45, 7) is 2.37. The number of halogens is 1.